The number of methoxy groups -OCH3 is 2. The van der Waals surface area contributed by atoms with Crippen molar-refractivity contribution < 1.29 is 19.4 Å². The van der Waals surface area contributed by atoms with Gasteiger partial charge >= 0.3 is 5.97 Å². The second-order valence-electron chi connectivity index (χ2n) is 4.61. The van der Waals surface area contributed by atoms with Gasteiger partial charge in [0.05, 0.1) is 20.6 Å². The van der Waals surface area contributed by atoms with Crippen molar-refractivity contribution in [2.75, 3.05) is 14.2 Å². The Labute approximate surface area is 115 Å². The van der Waals surface area contributed by atoms with E-state index in [1.165, 1.54) is 0 Å². The summed E-state index contributed by atoms with van der Waals surface area (Å²) in [5.74, 6) is 0.309. The minimum atomic E-state index is -0.850. The van der Waals surface area contributed by atoms with Gasteiger partial charge in [-0.25, -0.2) is 0 Å². The molecule has 0 aromatic heterocycles. The van der Waals surface area contributed by atoms with Gasteiger partial charge in [0.2, 0.25) is 0 Å². The van der Waals surface area contributed by atoms with E-state index >= 15 is 0 Å². The van der Waals surface area contributed by atoms with Crippen molar-refractivity contribution in [3.05, 3.63) is 22.2 Å². The minimum Gasteiger partial charge on any atom is -0.493 e. The predicted octanol–water partition coefficient (Wildman–Crippen LogP) is 3.22. The number of carboxylic acids is 1. The summed E-state index contributed by atoms with van der Waals surface area (Å²) in [7, 11) is 3.10. The molecule has 4 nitrogen and oxygen atoms in total. The zero-order chi connectivity index (χ0) is 13.9. The van der Waals surface area contributed by atoms with E-state index in [4.69, 9.17) is 14.6 Å². The van der Waals surface area contributed by atoms with E-state index in [0.29, 0.717) is 11.5 Å². The van der Waals surface area contributed by atoms with Crippen molar-refractivity contribution in [2.24, 2.45) is 0 Å². The number of benzene rings is 1. The molecule has 0 radical (unpaired) electrons. The third-order valence-corrected chi connectivity index (χ3v) is 3.43. The van der Waals surface area contributed by atoms with Crippen molar-refractivity contribution in [1.29, 1.82) is 0 Å². The number of carboxylic acid groups (broad SMARTS) is 1. The number of aliphatic carboxylic acids is 1. The molecule has 0 amide bonds. The molecular formula is C13H17BrO4. The molecule has 18 heavy (non-hydrogen) atoms. The fourth-order valence-electron chi connectivity index (χ4n) is 2.00. The minimum absolute atomic E-state index is 0.00906. The summed E-state index contributed by atoms with van der Waals surface area (Å²) >= 11 is 3.45. The van der Waals surface area contributed by atoms with Crippen LogP contribution in [0.25, 0.3) is 0 Å². The fraction of sp³-hybridized carbons (Fsp3) is 0.462. The summed E-state index contributed by atoms with van der Waals surface area (Å²) in [6.07, 6.45) is 0.00906. The number of hydrogen-bond acceptors (Lipinski definition) is 3. The number of hydrogen-bond donors (Lipinski definition) is 1. The first-order valence-corrected chi connectivity index (χ1v) is 6.25. The topological polar surface area (TPSA) is 55.8 Å². The Kier molecular flexibility index (Phi) is 4.62. The second-order valence-corrected chi connectivity index (χ2v) is 5.47. The number of halogens is 1. The summed E-state index contributed by atoms with van der Waals surface area (Å²) in [4.78, 5) is 11.0. The second kappa shape index (κ2) is 5.61. The average molecular weight is 317 g/mol. The van der Waals surface area contributed by atoms with Crippen molar-refractivity contribution in [3.63, 3.8) is 0 Å². The molecule has 0 atom stereocenters. The highest BCUT2D eigenvalue weighted by molar-refractivity contribution is 9.10. The van der Waals surface area contributed by atoms with E-state index in [-0.39, 0.29) is 6.42 Å². The van der Waals surface area contributed by atoms with Crippen LogP contribution in [0.2, 0.25) is 0 Å². The van der Waals surface area contributed by atoms with Crippen molar-refractivity contribution in [1.82, 2.24) is 0 Å². The lowest BCUT2D eigenvalue weighted by molar-refractivity contribution is -0.138. The van der Waals surface area contributed by atoms with E-state index in [0.717, 1.165) is 10.0 Å². The van der Waals surface area contributed by atoms with E-state index in [9.17, 15) is 4.79 Å². The highest BCUT2D eigenvalue weighted by atomic mass is 79.9. The fourth-order valence-corrected chi connectivity index (χ4v) is 2.85. The van der Waals surface area contributed by atoms with Crippen LogP contribution in [0.3, 0.4) is 0 Å². The van der Waals surface area contributed by atoms with Crippen LogP contribution >= 0.6 is 15.9 Å². The molecule has 0 bridgehead atoms. The summed E-state index contributed by atoms with van der Waals surface area (Å²) in [5, 5.41) is 9.00. The molecule has 0 aliphatic rings. The van der Waals surface area contributed by atoms with Crippen LogP contribution in [0.4, 0.5) is 0 Å². The van der Waals surface area contributed by atoms with Crippen LogP contribution in [0, 0.1) is 0 Å². The molecule has 0 unspecified atom stereocenters. The third kappa shape index (κ3) is 2.96. The maximum atomic E-state index is 11.0. The molecule has 0 fully saturated rings. The van der Waals surface area contributed by atoms with Crippen molar-refractivity contribution in [2.45, 2.75) is 25.7 Å². The smallest absolute Gasteiger partial charge is 0.304 e. The number of ether oxygens (including phenoxy) is 2. The third-order valence-electron chi connectivity index (χ3n) is 2.76. The Hall–Kier alpha value is -1.23. The molecule has 1 rings (SSSR count). The van der Waals surface area contributed by atoms with E-state index < -0.39 is 11.4 Å². The molecule has 0 saturated carbocycles. The standard InChI is InChI=1S/C13H17BrO4/c1-13(2,7-10(15)16)11-8(14)5-6-9(17-3)12(11)18-4/h5-6H,7H2,1-4H3,(H,15,16). The van der Waals surface area contributed by atoms with Gasteiger partial charge in [-0.3, -0.25) is 4.79 Å². The highest BCUT2D eigenvalue weighted by Gasteiger charge is 2.31. The molecule has 0 aliphatic carbocycles. The van der Waals surface area contributed by atoms with Crippen LogP contribution in [0.1, 0.15) is 25.8 Å². The van der Waals surface area contributed by atoms with Gasteiger partial charge in [-0.2, -0.15) is 0 Å². The van der Waals surface area contributed by atoms with E-state index in [1.807, 2.05) is 19.9 Å². The first-order valence-electron chi connectivity index (χ1n) is 5.46. The normalized spacial score (nSPS) is 11.2. The predicted molar refractivity (Wildman–Crippen MR) is 72.5 cm³/mol. The zero-order valence-corrected chi connectivity index (χ0v) is 12.5. The quantitative estimate of drug-likeness (QED) is 0.906. The Bertz CT molecular complexity index is 455. The first-order chi connectivity index (χ1) is 8.33. The zero-order valence-electron chi connectivity index (χ0n) is 10.9. The molecule has 1 aromatic rings. The molecule has 1 aromatic carbocycles. The lowest BCUT2D eigenvalue weighted by Gasteiger charge is -2.27. The molecule has 1 N–H and O–H groups in total. The molecule has 5 heteroatoms. The number of carbonyl (C=O) groups is 1. The van der Waals surface area contributed by atoms with Crippen molar-refractivity contribution >= 4 is 21.9 Å². The van der Waals surface area contributed by atoms with Crippen molar-refractivity contribution in [3.8, 4) is 11.5 Å². The Morgan fingerprint density at radius 1 is 1.33 bits per heavy atom. The lowest BCUT2D eigenvalue weighted by atomic mass is 9.81. The van der Waals surface area contributed by atoms with Crippen LogP contribution < -0.4 is 9.47 Å². The summed E-state index contributed by atoms with van der Waals surface area (Å²) in [6.45, 7) is 3.73. The van der Waals surface area contributed by atoms with Gasteiger partial charge in [0.1, 0.15) is 0 Å². The Morgan fingerprint density at radius 2 is 1.94 bits per heavy atom. The summed E-state index contributed by atoms with van der Waals surface area (Å²) < 4.78 is 11.4. The first kappa shape index (κ1) is 14.8. The summed E-state index contributed by atoms with van der Waals surface area (Å²) in [5.41, 5.74) is 0.233. The van der Waals surface area contributed by atoms with Crippen LogP contribution in [-0.4, -0.2) is 25.3 Å². The molecule has 0 heterocycles. The highest BCUT2D eigenvalue weighted by Crippen LogP contribution is 2.44. The van der Waals surface area contributed by atoms with Gasteiger partial charge in [-0.1, -0.05) is 29.8 Å². The molecule has 100 valence electrons. The van der Waals surface area contributed by atoms with Gasteiger partial charge in [0.25, 0.3) is 0 Å². The number of rotatable bonds is 5. The van der Waals surface area contributed by atoms with Gasteiger partial charge < -0.3 is 14.6 Å². The maximum Gasteiger partial charge on any atom is 0.304 e. The molecular weight excluding hydrogens is 300 g/mol. The van der Waals surface area contributed by atoms with Gasteiger partial charge in [-0.15, -0.1) is 0 Å². The Morgan fingerprint density at radius 3 is 2.39 bits per heavy atom. The van der Waals surface area contributed by atoms with Crippen LogP contribution in [0.5, 0.6) is 11.5 Å². The maximum absolute atomic E-state index is 11.0. The summed E-state index contributed by atoms with van der Waals surface area (Å²) in [6, 6.07) is 3.61. The average Bonchev–Trinajstić information content (AvgIpc) is 2.26. The molecule has 0 spiro atoms. The van der Waals surface area contributed by atoms with E-state index in [2.05, 4.69) is 15.9 Å². The molecule has 0 aliphatic heterocycles. The van der Waals surface area contributed by atoms with Gasteiger partial charge in [-0.05, 0) is 12.1 Å². The van der Waals surface area contributed by atoms with E-state index in [1.54, 1.807) is 20.3 Å². The molecule has 0 saturated heterocycles. The van der Waals surface area contributed by atoms with Gasteiger partial charge in [0, 0.05) is 15.5 Å². The monoisotopic (exact) mass is 316 g/mol. The van der Waals surface area contributed by atoms with Gasteiger partial charge in [0.15, 0.2) is 11.5 Å². The largest absolute Gasteiger partial charge is 0.493 e. The van der Waals surface area contributed by atoms with Crippen LogP contribution in [-0.2, 0) is 10.2 Å². The Balaban J connectivity index is 3.41. The SMILES string of the molecule is COc1ccc(Br)c(C(C)(C)CC(=O)O)c1OC. The van der Waals surface area contributed by atoms with Crippen LogP contribution in [0.15, 0.2) is 16.6 Å². The lowest BCUT2D eigenvalue weighted by Crippen LogP contribution is -2.23.